The molecule has 0 aliphatic rings. The molecule has 0 radical (unpaired) electrons. The molecule has 36 heavy (non-hydrogen) atoms. The molecule has 10 nitrogen and oxygen atoms in total. The van der Waals surface area contributed by atoms with E-state index < -0.39 is 37.8 Å². The highest BCUT2D eigenvalue weighted by atomic mass is 16.8. The monoisotopic (exact) mass is 502 g/mol. The van der Waals surface area contributed by atoms with Crippen molar-refractivity contribution >= 4 is 24.2 Å². The highest BCUT2D eigenvalue weighted by molar-refractivity contribution is 5.70. The highest BCUT2D eigenvalue weighted by Gasteiger charge is 2.09. The van der Waals surface area contributed by atoms with Gasteiger partial charge < -0.3 is 28.4 Å². The van der Waals surface area contributed by atoms with Crippen molar-refractivity contribution in [3.05, 3.63) is 71.8 Å². The fraction of sp³-hybridized carbons (Fsp3) is 0.385. The van der Waals surface area contributed by atoms with Gasteiger partial charge in [0.2, 0.25) is 13.6 Å². The average molecular weight is 503 g/mol. The number of carbonyl (C=O) groups is 4. The van der Waals surface area contributed by atoms with Crippen molar-refractivity contribution in [3.63, 3.8) is 0 Å². The molecule has 2 aromatic carbocycles. The second-order valence-corrected chi connectivity index (χ2v) is 7.52. The Morgan fingerprint density at radius 2 is 0.861 bits per heavy atom. The maximum atomic E-state index is 11.7. The van der Waals surface area contributed by atoms with E-state index in [9.17, 15) is 19.2 Å². The fourth-order valence-corrected chi connectivity index (χ4v) is 2.84. The summed E-state index contributed by atoms with van der Waals surface area (Å²) in [5, 5.41) is 0. The van der Waals surface area contributed by atoms with E-state index in [-0.39, 0.29) is 26.1 Å². The molecule has 2 rings (SSSR count). The SMILES string of the molecule is O=C(CCCCCCC(=O)OCOC(=O)OCc1ccccc1)OCOC(=O)OCc1ccccc1. The van der Waals surface area contributed by atoms with Gasteiger partial charge in [0.15, 0.2) is 0 Å². The van der Waals surface area contributed by atoms with Crippen molar-refractivity contribution in [1.29, 1.82) is 0 Å². The van der Waals surface area contributed by atoms with Crippen LogP contribution in [0.2, 0.25) is 0 Å². The van der Waals surface area contributed by atoms with E-state index in [1.54, 1.807) is 24.3 Å². The van der Waals surface area contributed by atoms with Crippen molar-refractivity contribution in [2.45, 2.75) is 51.7 Å². The molecule has 0 saturated heterocycles. The number of benzene rings is 2. The normalized spacial score (nSPS) is 10.1. The Morgan fingerprint density at radius 1 is 0.472 bits per heavy atom. The van der Waals surface area contributed by atoms with Gasteiger partial charge >= 0.3 is 24.2 Å². The van der Waals surface area contributed by atoms with Gasteiger partial charge in [0.25, 0.3) is 0 Å². The van der Waals surface area contributed by atoms with Crippen LogP contribution in [0.5, 0.6) is 0 Å². The summed E-state index contributed by atoms with van der Waals surface area (Å²) in [6.07, 6.45) is 0.985. The molecule has 0 aliphatic carbocycles. The minimum Gasteiger partial charge on any atom is -0.429 e. The van der Waals surface area contributed by atoms with Crippen LogP contribution in [0.15, 0.2) is 60.7 Å². The van der Waals surface area contributed by atoms with Gasteiger partial charge in [-0.1, -0.05) is 73.5 Å². The molecule has 0 heterocycles. The first kappa shape index (κ1) is 28.2. The van der Waals surface area contributed by atoms with Crippen molar-refractivity contribution in [2.24, 2.45) is 0 Å². The largest absolute Gasteiger partial charge is 0.511 e. The third-order valence-electron chi connectivity index (χ3n) is 4.70. The minimum absolute atomic E-state index is 0.0650. The van der Waals surface area contributed by atoms with Crippen molar-refractivity contribution in [1.82, 2.24) is 0 Å². The quantitative estimate of drug-likeness (QED) is 0.142. The molecule has 0 N–H and O–H groups in total. The zero-order valence-corrected chi connectivity index (χ0v) is 19.9. The third kappa shape index (κ3) is 13.6. The molecular formula is C26H30O10. The van der Waals surface area contributed by atoms with Gasteiger partial charge in [-0.15, -0.1) is 0 Å². The van der Waals surface area contributed by atoms with E-state index in [0.29, 0.717) is 25.7 Å². The summed E-state index contributed by atoms with van der Waals surface area (Å²) in [6.45, 7) is -0.898. The van der Waals surface area contributed by atoms with E-state index >= 15 is 0 Å². The number of unbranched alkanes of at least 4 members (excludes halogenated alkanes) is 3. The van der Waals surface area contributed by atoms with E-state index in [0.717, 1.165) is 11.1 Å². The number of ether oxygens (including phenoxy) is 6. The lowest BCUT2D eigenvalue weighted by molar-refractivity contribution is -0.155. The summed E-state index contributed by atoms with van der Waals surface area (Å²) in [4.78, 5) is 46.3. The van der Waals surface area contributed by atoms with E-state index in [4.69, 9.17) is 28.4 Å². The molecule has 0 amide bonds. The summed E-state index contributed by atoms with van der Waals surface area (Å²) in [5.41, 5.74) is 1.62. The van der Waals surface area contributed by atoms with Gasteiger partial charge in [-0.05, 0) is 24.0 Å². The molecule has 0 spiro atoms. The summed E-state index contributed by atoms with van der Waals surface area (Å²) < 4.78 is 28.8. The van der Waals surface area contributed by atoms with Crippen molar-refractivity contribution in [3.8, 4) is 0 Å². The summed E-state index contributed by atoms with van der Waals surface area (Å²) in [7, 11) is 0. The van der Waals surface area contributed by atoms with Crippen LogP contribution in [-0.4, -0.2) is 37.8 Å². The lowest BCUT2D eigenvalue weighted by atomic mass is 10.1. The number of rotatable bonds is 15. The highest BCUT2D eigenvalue weighted by Crippen LogP contribution is 2.08. The van der Waals surface area contributed by atoms with Crippen LogP contribution in [0.1, 0.15) is 49.7 Å². The Bertz CT molecular complexity index is 853. The number of esters is 2. The number of hydrogen-bond donors (Lipinski definition) is 0. The Morgan fingerprint density at radius 3 is 1.25 bits per heavy atom. The maximum absolute atomic E-state index is 11.7. The van der Waals surface area contributed by atoms with Crippen LogP contribution in [0.25, 0.3) is 0 Å². The Hall–Kier alpha value is -4.08. The zero-order chi connectivity index (χ0) is 25.8. The Kier molecular flexibility index (Phi) is 13.6. The smallest absolute Gasteiger partial charge is 0.429 e. The molecule has 0 fully saturated rings. The van der Waals surface area contributed by atoms with Gasteiger partial charge in [0.1, 0.15) is 13.2 Å². The van der Waals surface area contributed by atoms with Gasteiger partial charge in [-0.2, -0.15) is 0 Å². The summed E-state index contributed by atoms with van der Waals surface area (Å²) >= 11 is 0. The van der Waals surface area contributed by atoms with Crippen LogP contribution >= 0.6 is 0 Å². The van der Waals surface area contributed by atoms with Crippen LogP contribution < -0.4 is 0 Å². The molecule has 0 bridgehead atoms. The molecule has 0 saturated carbocycles. The fourth-order valence-electron chi connectivity index (χ4n) is 2.84. The van der Waals surface area contributed by atoms with Crippen molar-refractivity contribution < 1.29 is 47.6 Å². The number of carbonyl (C=O) groups excluding carboxylic acids is 4. The molecule has 0 aromatic heterocycles. The van der Waals surface area contributed by atoms with E-state index in [1.807, 2.05) is 36.4 Å². The predicted molar refractivity (Wildman–Crippen MR) is 125 cm³/mol. The molecule has 0 unspecified atom stereocenters. The van der Waals surface area contributed by atoms with Gasteiger partial charge in [-0.3, -0.25) is 9.59 Å². The van der Waals surface area contributed by atoms with Crippen LogP contribution in [0.3, 0.4) is 0 Å². The minimum atomic E-state index is -0.923. The van der Waals surface area contributed by atoms with Crippen LogP contribution in [-0.2, 0) is 51.2 Å². The van der Waals surface area contributed by atoms with Gasteiger partial charge in [0.05, 0.1) is 0 Å². The van der Waals surface area contributed by atoms with E-state index in [2.05, 4.69) is 0 Å². The lowest BCUT2D eigenvalue weighted by Crippen LogP contribution is -2.14. The van der Waals surface area contributed by atoms with E-state index in [1.165, 1.54) is 0 Å². The number of hydrogen-bond acceptors (Lipinski definition) is 10. The lowest BCUT2D eigenvalue weighted by Gasteiger charge is -2.08. The Labute approximate surface area is 209 Å². The average Bonchev–Trinajstić information content (AvgIpc) is 2.89. The topological polar surface area (TPSA) is 124 Å². The third-order valence-corrected chi connectivity index (χ3v) is 4.70. The van der Waals surface area contributed by atoms with Crippen molar-refractivity contribution in [2.75, 3.05) is 13.6 Å². The van der Waals surface area contributed by atoms with Crippen LogP contribution in [0.4, 0.5) is 9.59 Å². The maximum Gasteiger partial charge on any atom is 0.511 e. The first-order valence-electron chi connectivity index (χ1n) is 11.5. The summed E-state index contributed by atoms with van der Waals surface area (Å²) in [6, 6.07) is 18.2. The molecular weight excluding hydrogens is 472 g/mol. The zero-order valence-electron chi connectivity index (χ0n) is 19.9. The predicted octanol–water partition coefficient (Wildman–Crippen LogP) is 5.04. The first-order chi connectivity index (χ1) is 17.5. The molecule has 2 aromatic rings. The molecule has 10 heteroatoms. The van der Waals surface area contributed by atoms with Crippen LogP contribution in [0, 0.1) is 0 Å². The van der Waals surface area contributed by atoms with Gasteiger partial charge in [-0.25, -0.2) is 9.59 Å². The van der Waals surface area contributed by atoms with Gasteiger partial charge in [0, 0.05) is 12.8 Å². The molecule has 194 valence electrons. The summed E-state index contributed by atoms with van der Waals surface area (Å²) in [5.74, 6) is -0.997. The molecule has 0 aliphatic heterocycles. The first-order valence-corrected chi connectivity index (χ1v) is 11.5. The second-order valence-electron chi connectivity index (χ2n) is 7.52. The second kappa shape index (κ2) is 17.4. The Balaban J connectivity index is 1.38. The standard InChI is InChI=1S/C26H30O10/c27-23(33-19-35-25(29)31-17-21-11-5-3-6-12-21)15-9-1-2-10-16-24(28)34-20-36-26(30)32-18-22-13-7-4-8-14-22/h3-8,11-14H,1-2,9-10,15-20H2. The molecule has 0 atom stereocenters.